The fourth-order valence-electron chi connectivity index (χ4n) is 3.31. The maximum Gasteiger partial charge on any atom is 0.253 e. The molecule has 0 aliphatic heterocycles. The summed E-state index contributed by atoms with van der Waals surface area (Å²) in [5.74, 6) is 0.745. The van der Waals surface area contributed by atoms with E-state index in [1.54, 1.807) is 4.57 Å². The average Bonchev–Trinajstić information content (AvgIpc) is 2.53. The molecule has 2 nitrogen and oxygen atoms in total. The molecule has 2 heteroatoms. The second-order valence-corrected chi connectivity index (χ2v) is 6.20. The van der Waals surface area contributed by atoms with Gasteiger partial charge in [-0.2, -0.15) is 0 Å². The van der Waals surface area contributed by atoms with E-state index in [1.165, 1.54) is 43.2 Å². The Labute approximate surface area is 126 Å². The van der Waals surface area contributed by atoms with E-state index in [1.807, 2.05) is 25.3 Å². The number of aryl methyl sites for hydroxylation is 1. The summed E-state index contributed by atoms with van der Waals surface area (Å²) in [5.41, 5.74) is 3.57. The Morgan fingerprint density at radius 3 is 2.48 bits per heavy atom. The first-order chi connectivity index (χ1) is 10.2. The molecular formula is C19H23NO. The predicted octanol–water partition coefficient (Wildman–Crippen LogP) is 4.25. The quantitative estimate of drug-likeness (QED) is 0.824. The van der Waals surface area contributed by atoms with Crippen molar-refractivity contribution in [2.75, 3.05) is 0 Å². The van der Waals surface area contributed by atoms with Crippen molar-refractivity contribution in [3.8, 4) is 0 Å². The molecule has 0 atom stereocenters. The van der Waals surface area contributed by atoms with Crippen LogP contribution in [0, 0.1) is 6.92 Å². The third kappa shape index (κ3) is 3.26. The Morgan fingerprint density at radius 1 is 1.05 bits per heavy atom. The van der Waals surface area contributed by atoms with Crippen molar-refractivity contribution in [1.82, 2.24) is 4.57 Å². The van der Waals surface area contributed by atoms with Crippen LogP contribution in [0.2, 0.25) is 0 Å². The van der Waals surface area contributed by atoms with Crippen LogP contribution < -0.4 is 5.56 Å². The third-order valence-electron chi connectivity index (χ3n) is 4.62. The first-order valence-electron chi connectivity index (χ1n) is 7.99. The summed E-state index contributed by atoms with van der Waals surface area (Å²) in [7, 11) is 0. The minimum absolute atomic E-state index is 0.105. The van der Waals surface area contributed by atoms with Gasteiger partial charge < -0.3 is 4.57 Å². The lowest BCUT2D eigenvalue weighted by Gasteiger charge is -2.22. The Balaban J connectivity index is 1.75. The highest BCUT2D eigenvalue weighted by Gasteiger charge is 2.15. The molecule has 0 N–H and O–H groups in total. The molecule has 1 saturated carbocycles. The Hall–Kier alpha value is -1.83. The van der Waals surface area contributed by atoms with Gasteiger partial charge in [-0.1, -0.05) is 49.6 Å². The van der Waals surface area contributed by atoms with Crippen molar-refractivity contribution in [3.05, 3.63) is 69.6 Å². The molecule has 1 aromatic heterocycles. The minimum Gasteiger partial charge on any atom is -0.311 e. The van der Waals surface area contributed by atoms with Crippen LogP contribution in [0.1, 0.15) is 54.7 Å². The third-order valence-corrected chi connectivity index (χ3v) is 4.62. The second-order valence-electron chi connectivity index (χ2n) is 6.20. The van der Waals surface area contributed by atoms with E-state index in [4.69, 9.17) is 0 Å². The smallest absolute Gasteiger partial charge is 0.253 e. The molecule has 3 rings (SSSR count). The van der Waals surface area contributed by atoms with Gasteiger partial charge in [0.05, 0.1) is 6.54 Å². The van der Waals surface area contributed by atoms with Crippen molar-refractivity contribution < 1.29 is 0 Å². The number of pyridine rings is 1. The van der Waals surface area contributed by atoms with Gasteiger partial charge in [0.15, 0.2) is 0 Å². The van der Waals surface area contributed by atoms with E-state index in [-0.39, 0.29) is 5.56 Å². The summed E-state index contributed by atoms with van der Waals surface area (Å²) in [6.45, 7) is 2.52. The summed E-state index contributed by atoms with van der Waals surface area (Å²) in [6.07, 6.45) is 8.65. The zero-order valence-corrected chi connectivity index (χ0v) is 12.7. The fraction of sp³-hybridized carbons (Fsp3) is 0.421. The van der Waals surface area contributed by atoms with Crippen LogP contribution in [-0.2, 0) is 6.54 Å². The summed E-state index contributed by atoms with van der Waals surface area (Å²) >= 11 is 0. The van der Waals surface area contributed by atoms with Crippen molar-refractivity contribution in [3.63, 3.8) is 0 Å². The van der Waals surface area contributed by atoms with E-state index in [0.29, 0.717) is 6.54 Å². The van der Waals surface area contributed by atoms with Gasteiger partial charge >= 0.3 is 0 Å². The molecule has 0 spiro atoms. The highest BCUT2D eigenvalue weighted by atomic mass is 16.1. The van der Waals surface area contributed by atoms with E-state index in [9.17, 15) is 4.79 Å². The van der Waals surface area contributed by atoms with E-state index in [2.05, 4.69) is 24.3 Å². The van der Waals surface area contributed by atoms with E-state index < -0.39 is 0 Å². The molecule has 0 saturated heterocycles. The van der Waals surface area contributed by atoms with Crippen LogP contribution in [0.3, 0.4) is 0 Å². The van der Waals surface area contributed by atoms with Gasteiger partial charge in [-0.3, -0.25) is 4.79 Å². The highest BCUT2D eigenvalue weighted by molar-refractivity contribution is 5.26. The van der Waals surface area contributed by atoms with Crippen LogP contribution in [0.5, 0.6) is 0 Å². The Bertz CT molecular complexity index is 648. The molecule has 0 amide bonds. The highest BCUT2D eigenvalue weighted by Crippen LogP contribution is 2.32. The van der Waals surface area contributed by atoms with Crippen LogP contribution in [0.15, 0.2) is 47.4 Å². The minimum atomic E-state index is 0.105. The Morgan fingerprint density at radius 2 is 1.76 bits per heavy atom. The zero-order chi connectivity index (χ0) is 14.7. The SMILES string of the molecule is Cc1cccn(Cc2ccc(C3CCCCC3)cc2)c1=O. The zero-order valence-electron chi connectivity index (χ0n) is 12.7. The number of rotatable bonds is 3. The molecule has 1 fully saturated rings. The topological polar surface area (TPSA) is 22.0 Å². The first kappa shape index (κ1) is 14.1. The second kappa shape index (κ2) is 6.30. The fourth-order valence-corrected chi connectivity index (χ4v) is 3.31. The summed E-state index contributed by atoms with van der Waals surface area (Å²) in [4.78, 5) is 12.1. The largest absolute Gasteiger partial charge is 0.311 e. The van der Waals surface area contributed by atoms with E-state index >= 15 is 0 Å². The van der Waals surface area contributed by atoms with Crippen molar-refractivity contribution in [1.29, 1.82) is 0 Å². The normalized spacial score (nSPS) is 16.0. The van der Waals surface area contributed by atoms with Gasteiger partial charge in [0.2, 0.25) is 0 Å². The molecule has 21 heavy (non-hydrogen) atoms. The summed E-state index contributed by atoms with van der Waals surface area (Å²) in [6, 6.07) is 12.7. The van der Waals surface area contributed by atoms with Crippen LogP contribution in [0.25, 0.3) is 0 Å². The maximum atomic E-state index is 12.1. The number of benzene rings is 1. The van der Waals surface area contributed by atoms with Crippen LogP contribution >= 0.6 is 0 Å². The first-order valence-corrected chi connectivity index (χ1v) is 7.99. The molecule has 110 valence electrons. The van der Waals surface area contributed by atoms with Crippen molar-refractivity contribution in [2.24, 2.45) is 0 Å². The van der Waals surface area contributed by atoms with Crippen LogP contribution in [0.4, 0.5) is 0 Å². The van der Waals surface area contributed by atoms with E-state index in [0.717, 1.165) is 11.5 Å². The monoisotopic (exact) mass is 281 g/mol. The molecule has 0 bridgehead atoms. The number of hydrogen-bond acceptors (Lipinski definition) is 1. The Kier molecular flexibility index (Phi) is 4.23. The molecule has 1 aromatic carbocycles. The number of hydrogen-bond donors (Lipinski definition) is 0. The van der Waals surface area contributed by atoms with Gasteiger partial charge in [-0.05, 0) is 42.9 Å². The molecule has 0 radical (unpaired) electrons. The lowest BCUT2D eigenvalue weighted by atomic mass is 9.84. The average molecular weight is 281 g/mol. The lowest BCUT2D eigenvalue weighted by Crippen LogP contribution is -2.21. The molecule has 1 heterocycles. The lowest BCUT2D eigenvalue weighted by molar-refractivity contribution is 0.443. The van der Waals surface area contributed by atoms with Gasteiger partial charge in [-0.25, -0.2) is 0 Å². The van der Waals surface area contributed by atoms with Crippen molar-refractivity contribution >= 4 is 0 Å². The molecular weight excluding hydrogens is 258 g/mol. The number of aromatic nitrogens is 1. The molecule has 2 aromatic rings. The maximum absolute atomic E-state index is 12.1. The van der Waals surface area contributed by atoms with Gasteiger partial charge in [-0.15, -0.1) is 0 Å². The summed E-state index contributed by atoms with van der Waals surface area (Å²) < 4.78 is 1.78. The predicted molar refractivity (Wildman–Crippen MR) is 86.8 cm³/mol. The number of nitrogens with zero attached hydrogens (tertiary/aromatic N) is 1. The molecule has 1 aliphatic carbocycles. The van der Waals surface area contributed by atoms with Gasteiger partial charge in [0, 0.05) is 11.8 Å². The van der Waals surface area contributed by atoms with Crippen LogP contribution in [-0.4, -0.2) is 4.57 Å². The summed E-state index contributed by atoms with van der Waals surface area (Å²) in [5, 5.41) is 0. The van der Waals surface area contributed by atoms with Gasteiger partial charge in [0.1, 0.15) is 0 Å². The molecule has 0 unspecified atom stereocenters. The van der Waals surface area contributed by atoms with Gasteiger partial charge in [0.25, 0.3) is 5.56 Å². The standard InChI is InChI=1S/C19H23NO/c1-15-6-5-13-20(19(15)21)14-16-9-11-18(12-10-16)17-7-3-2-4-8-17/h5-6,9-13,17H,2-4,7-8,14H2,1H3. The molecule has 1 aliphatic rings. The van der Waals surface area contributed by atoms with Crippen molar-refractivity contribution in [2.45, 2.75) is 51.5 Å².